The van der Waals surface area contributed by atoms with E-state index >= 15 is 0 Å². The first-order valence-electron chi connectivity index (χ1n) is 30.1. The molecule has 6 heteroatoms. The number of carbonyl (C=O) groups excluding carboxylic acids is 3. The van der Waals surface area contributed by atoms with Gasteiger partial charge in [0.15, 0.2) is 6.10 Å². The van der Waals surface area contributed by atoms with E-state index in [1.165, 1.54) is 141 Å². The Morgan fingerprint density at radius 2 is 0.549 bits per heavy atom. The highest BCUT2D eigenvalue weighted by molar-refractivity contribution is 5.71. The minimum absolute atomic E-state index is 0.0832. The van der Waals surface area contributed by atoms with E-state index in [-0.39, 0.29) is 31.1 Å². The number of hydrogen-bond acceptors (Lipinski definition) is 6. The number of unbranched alkanes of at least 4 members (excludes halogenated alkanes) is 29. The zero-order valence-electron chi connectivity index (χ0n) is 46.7. The third-order valence-electron chi connectivity index (χ3n) is 12.9. The highest BCUT2D eigenvalue weighted by Crippen LogP contribution is 2.16. The number of ether oxygens (including phenoxy) is 3. The molecule has 0 aliphatic carbocycles. The van der Waals surface area contributed by atoms with Crippen molar-refractivity contribution in [3.63, 3.8) is 0 Å². The Labute approximate surface area is 439 Å². The standard InChI is InChI=1S/C65H112O6/c1-4-7-10-13-16-19-22-25-28-29-30-31-32-33-34-35-36-37-38-41-43-46-49-52-55-58-64(67)70-61-62(71-65(68)59-56-53-50-47-44-40-27-24-21-18-15-12-9-6-3)60-69-63(66)57-54-51-48-45-42-39-26-23-20-17-14-11-8-5-2/h7,10,16,19,25,28,30-31,33-34,36-37,41,43,62H,4-6,8-9,11-15,17-18,20-24,26-27,29,32,35,38-40,42,44-61H2,1-3H3/b10-7-,19-16-,28-25-,31-30-,34-33-,37-36-,43-41-. The van der Waals surface area contributed by atoms with Crippen LogP contribution in [0, 0.1) is 0 Å². The lowest BCUT2D eigenvalue weighted by Gasteiger charge is -2.18. The van der Waals surface area contributed by atoms with E-state index in [0.29, 0.717) is 19.3 Å². The molecule has 408 valence electrons. The van der Waals surface area contributed by atoms with Gasteiger partial charge in [-0.15, -0.1) is 0 Å². The number of rotatable bonds is 54. The van der Waals surface area contributed by atoms with Crippen LogP contribution in [-0.2, 0) is 28.6 Å². The smallest absolute Gasteiger partial charge is 0.306 e. The summed E-state index contributed by atoms with van der Waals surface area (Å²) < 4.78 is 16.9. The van der Waals surface area contributed by atoms with Crippen LogP contribution in [-0.4, -0.2) is 37.2 Å². The zero-order chi connectivity index (χ0) is 51.4. The van der Waals surface area contributed by atoms with Gasteiger partial charge in [0, 0.05) is 19.3 Å². The summed E-state index contributed by atoms with van der Waals surface area (Å²) in [4.78, 5) is 38.2. The summed E-state index contributed by atoms with van der Waals surface area (Å²) in [6, 6.07) is 0. The van der Waals surface area contributed by atoms with Crippen molar-refractivity contribution in [2.75, 3.05) is 13.2 Å². The number of carbonyl (C=O) groups is 3. The minimum atomic E-state index is -0.787. The Morgan fingerprint density at radius 3 is 0.859 bits per heavy atom. The number of allylic oxidation sites excluding steroid dienone is 14. The second-order valence-corrected chi connectivity index (χ2v) is 19.9. The normalized spacial score (nSPS) is 12.7. The first-order chi connectivity index (χ1) is 35.0. The van der Waals surface area contributed by atoms with Crippen molar-refractivity contribution in [2.45, 2.75) is 297 Å². The summed E-state index contributed by atoms with van der Waals surface area (Å²) in [6.07, 6.45) is 77.2. The van der Waals surface area contributed by atoms with E-state index in [2.05, 4.69) is 106 Å². The summed E-state index contributed by atoms with van der Waals surface area (Å²) >= 11 is 0. The molecule has 1 unspecified atom stereocenters. The maximum absolute atomic E-state index is 12.9. The fourth-order valence-electron chi connectivity index (χ4n) is 8.42. The molecule has 71 heavy (non-hydrogen) atoms. The van der Waals surface area contributed by atoms with Crippen molar-refractivity contribution in [3.8, 4) is 0 Å². The summed E-state index contributed by atoms with van der Waals surface area (Å²) in [6.45, 7) is 6.52. The molecule has 0 aromatic rings. The Hall–Kier alpha value is -3.41. The lowest BCUT2D eigenvalue weighted by Crippen LogP contribution is -2.30. The van der Waals surface area contributed by atoms with E-state index in [9.17, 15) is 14.4 Å². The van der Waals surface area contributed by atoms with E-state index < -0.39 is 6.10 Å². The fourth-order valence-corrected chi connectivity index (χ4v) is 8.42. The quantitative estimate of drug-likeness (QED) is 0.0261. The van der Waals surface area contributed by atoms with Gasteiger partial charge in [-0.05, 0) is 77.0 Å². The van der Waals surface area contributed by atoms with Crippen LogP contribution in [0.15, 0.2) is 85.1 Å². The van der Waals surface area contributed by atoms with Gasteiger partial charge in [-0.3, -0.25) is 14.4 Å². The molecular formula is C65H112O6. The van der Waals surface area contributed by atoms with Crippen LogP contribution >= 0.6 is 0 Å². The van der Waals surface area contributed by atoms with E-state index in [1.807, 2.05) is 0 Å². The SMILES string of the molecule is CC/C=C\C/C=C\C/C=C\C/C=C\C/C=C\C/C=C\C/C=C\CCCCCC(=O)OCC(COC(=O)CCCCCCCCCCCCCCCC)OC(=O)CCCCCCCCCCCCCCCC. The minimum Gasteiger partial charge on any atom is -0.462 e. The number of esters is 3. The predicted molar refractivity (Wildman–Crippen MR) is 307 cm³/mol. The first-order valence-corrected chi connectivity index (χ1v) is 30.1. The summed E-state index contributed by atoms with van der Waals surface area (Å²) in [5.74, 6) is -0.906. The molecule has 0 spiro atoms. The van der Waals surface area contributed by atoms with Crippen molar-refractivity contribution < 1.29 is 28.6 Å². The Bertz CT molecular complexity index is 1370. The molecule has 0 saturated heterocycles. The van der Waals surface area contributed by atoms with Crippen LogP contribution in [0.5, 0.6) is 0 Å². The molecular weight excluding hydrogens is 877 g/mol. The summed E-state index contributed by atoms with van der Waals surface area (Å²) in [7, 11) is 0. The second-order valence-electron chi connectivity index (χ2n) is 19.9. The van der Waals surface area contributed by atoms with Gasteiger partial charge < -0.3 is 14.2 Å². The van der Waals surface area contributed by atoms with E-state index in [1.54, 1.807) is 0 Å². The van der Waals surface area contributed by atoms with Gasteiger partial charge in [-0.1, -0.05) is 279 Å². The van der Waals surface area contributed by atoms with Gasteiger partial charge in [0.2, 0.25) is 0 Å². The van der Waals surface area contributed by atoms with Crippen LogP contribution in [0.25, 0.3) is 0 Å². The zero-order valence-corrected chi connectivity index (χ0v) is 46.7. The van der Waals surface area contributed by atoms with Gasteiger partial charge in [-0.2, -0.15) is 0 Å². The lowest BCUT2D eigenvalue weighted by atomic mass is 10.0. The molecule has 0 heterocycles. The molecule has 0 amide bonds. The Kier molecular flexibility index (Phi) is 56.3. The molecule has 0 aromatic heterocycles. The molecule has 0 fully saturated rings. The second kappa shape index (κ2) is 59.2. The van der Waals surface area contributed by atoms with E-state index in [0.717, 1.165) is 109 Å². The van der Waals surface area contributed by atoms with Crippen molar-refractivity contribution >= 4 is 17.9 Å². The van der Waals surface area contributed by atoms with Crippen molar-refractivity contribution in [2.24, 2.45) is 0 Å². The monoisotopic (exact) mass is 989 g/mol. The van der Waals surface area contributed by atoms with Crippen LogP contribution < -0.4 is 0 Å². The highest BCUT2D eigenvalue weighted by Gasteiger charge is 2.19. The molecule has 0 radical (unpaired) electrons. The highest BCUT2D eigenvalue weighted by atomic mass is 16.6. The van der Waals surface area contributed by atoms with Crippen molar-refractivity contribution in [3.05, 3.63) is 85.1 Å². The lowest BCUT2D eigenvalue weighted by molar-refractivity contribution is -0.167. The fraction of sp³-hybridized carbons (Fsp3) is 0.738. The van der Waals surface area contributed by atoms with Gasteiger partial charge in [-0.25, -0.2) is 0 Å². The van der Waals surface area contributed by atoms with Gasteiger partial charge >= 0.3 is 17.9 Å². The van der Waals surface area contributed by atoms with Crippen molar-refractivity contribution in [1.29, 1.82) is 0 Å². The molecule has 0 rings (SSSR count). The number of hydrogen-bond donors (Lipinski definition) is 0. The molecule has 0 aliphatic heterocycles. The molecule has 0 aromatic carbocycles. The summed E-state index contributed by atoms with van der Waals surface area (Å²) in [5.41, 5.74) is 0. The molecule has 0 aliphatic rings. The third kappa shape index (κ3) is 57.4. The Morgan fingerprint density at radius 1 is 0.296 bits per heavy atom. The van der Waals surface area contributed by atoms with Crippen LogP contribution in [0.3, 0.4) is 0 Å². The average Bonchev–Trinajstić information content (AvgIpc) is 3.37. The molecule has 1 atom stereocenters. The maximum Gasteiger partial charge on any atom is 0.306 e. The van der Waals surface area contributed by atoms with Crippen molar-refractivity contribution in [1.82, 2.24) is 0 Å². The third-order valence-corrected chi connectivity index (χ3v) is 12.9. The average molecular weight is 990 g/mol. The van der Waals surface area contributed by atoms with Gasteiger partial charge in [0.25, 0.3) is 0 Å². The maximum atomic E-state index is 12.9. The molecule has 0 N–H and O–H groups in total. The van der Waals surface area contributed by atoms with E-state index in [4.69, 9.17) is 14.2 Å². The Balaban J connectivity index is 4.39. The predicted octanol–water partition coefficient (Wildman–Crippen LogP) is 20.3. The van der Waals surface area contributed by atoms with Gasteiger partial charge in [0.1, 0.15) is 13.2 Å². The molecule has 0 bridgehead atoms. The first kappa shape index (κ1) is 67.6. The molecule has 0 saturated carbocycles. The summed E-state index contributed by atoms with van der Waals surface area (Å²) in [5, 5.41) is 0. The van der Waals surface area contributed by atoms with Crippen LogP contribution in [0.1, 0.15) is 290 Å². The van der Waals surface area contributed by atoms with Gasteiger partial charge in [0.05, 0.1) is 0 Å². The molecule has 6 nitrogen and oxygen atoms in total. The van der Waals surface area contributed by atoms with Crippen LogP contribution in [0.2, 0.25) is 0 Å². The van der Waals surface area contributed by atoms with Crippen LogP contribution in [0.4, 0.5) is 0 Å². The topological polar surface area (TPSA) is 78.9 Å². The largest absolute Gasteiger partial charge is 0.462 e.